The average molecular weight is 352 g/mol. The van der Waals surface area contributed by atoms with Gasteiger partial charge in [0.25, 0.3) is 11.2 Å². The van der Waals surface area contributed by atoms with Gasteiger partial charge in [0.05, 0.1) is 16.0 Å². The summed E-state index contributed by atoms with van der Waals surface area (Å²) in [4.78, 5) is 25.1. The number of nitro benzene ring substituents is 1. The number of aromatic nitrogens is 2. The first kappa shape index (κ1) is 17.6. The van der Waals surface area contributed by atoms with E-state index in [0.29, 0.717) is 27.7 Å². The third-order valence-corrected chi connectivity index (χ3v) is 4.40. The van der Waals surface area contributed by atoms with Crippen LogP contribution in [0.3, 0.4) is 0 Å². The highest BCUT2D eigenvalue weighted by molar-refractivity contribution is 5.94. The number of hydrogen-bond donors (Lipinski definition) is 1. The first-order valence-corrected chi connectivity index (χ1v) is 8.50. The number of fused-ring (bicyclic) bond motifs is 1. The lowest BCUT2D eigenvalue weighted by Gasteiger charge is -2.19. The van der Waals surface area contributed by atoms with Gasteiger partial charge in [-0.2, -0.15) is 5.10 Å². The molecule has 3 aromatic rings. The number of hydrogen-bond acceptors (Lipinski definition) is 5. The maximum Gasteiger partial charge on any atom is 0.293 e. The summed E-state index contributed by atoms with van der Waals surface area (Å²) in [6.45, 7) is 2.83. The van der Waals surface area contributed by atoms with Crippen molar-refractivity contribution in [1.82, 2.24) is 10.2 Å². The van der Waals surface area contributed by atoms with Gasteiger partial charge in [-0.05, 0) is 18.6 Å². The van der Waals surface area contributed by atoms with E-state index in [-0.39, 0.29) is 16.2 Å². The molecule has 0 aliphatic rings. The zero-order valence-corrected chi connectivity index (χ0v) is 14.7. The molecule has 0 saturated carbocycles. The Kier molecular flexibility index (Phi) is 4.97. The Hall–Kier alpha value is -3.22. The van der Waals surface area contributed by atoms with Crippen LogP contribution in [0.1, 0.15) is 19.8 Å². The van der Waals surface area contributed by atoms with Crippen LogP contribution < -0.4 is 10.5 Å². The SMILES string of the molecule is CCCCN(C)c1ccc(-c2n[nH]c(=O)c3ccccc23)cc1[N+](=O)[O-]. The second-order valence-corrected chi connectivity index (χ2v) is 6.18. The van der Waals surface area contributed by atoms with Crippen LogP contribution in [-0.2, 0) is 0 Å². The van der Waals surface area contributed by atoms with E-state index < -0.39 is 0 Å². The molecule has 1 aromatic heterocycles. The highest BCUT2D eigenvalue weighted by Gasteiger charge is 2.19. The van der Waals surface area contributed by atoms with Gasteiger partial charge in [-0.25, -0.2) is 5.10 Å². The van der Waals surface area contributed by atoms with Crippen molar-refractivity contribution in [2.45, 2.75) is 19.8 Å². The molecule has 0 atom stereocenters. The lowest BCUT2D eigenvalue weighted by Crippen LogP contribution is -2.19. The Morgan fingerprint density at radius 1 is 1.19 bits per heavy atom. The van der Waals surface area contributed by atoms with Crippen LogP contribution >= 0.6 is 0 Å². The van der Waals surface area contributed by atoms with Gasteiger partial charge >= 0.3 is 0 Å². The lowest BCUT2D eigenvalue weighted by molar-refractivity contribution is -0.384. The maximum atomic E-state index is 11.9. The normalized spacial score (nSPS) is 10.8. The van der Waals surface area contributed by atoms with Gasteiger partial charge in [0.1, 0.15) is 5.69 Å². The quantitative estimate of drug-likeness (QED) is 0.539. The largest absolute Gasteiger partial charge is 0.369 e. The van der Waals surface area contributed by atoms with E-state index >= 15 is 0 Å². The third-order valence-electron chi connectivity index (χ3n) is 4.40. The molecule has 134 valence electrons. The van der Waals surface area contributed by atoms with Crippen molar-refractivity contribution in [1.29, 1.82) is 0 Å². The zero-order valence-electron chi connectivity index (χ0n) is 14.7. The molecule has 0 amide bonds. The standard InChI is InChI=1S/C19H20N4O3/c1-3-4-11-22(2)16-10-9-13(12-17(16)23(25)26)18-14-7-5-6-8-15(14)19(24)21-20-18/h5-10,12H,3-4,11H2,1-2H3,(H,21,24). The van der Waals surface area contributed by atoms with Crippen LogP contribution in [0, 0.1) is 10.1 Å². The third kappa shape index (κ3) is 3.28. The second-order valence-electron chi connectivity index (χ2n) is 6.18. The zero-order chi connectivity index (χ0) is 18.7. The fourth-order valence-electron chi connectivity index (χ4n) is 2.99. The van der Waals surface area contributed by atoms with Crippen LogP contribution in [0.2, 0.25) is 0 Å². The monoisotopic (exact) mass is 352 g/mol. The summed E-state index contributed by atoms with van der Waals surface area (Å²) in [6.07, 6.45) is 1.98. The van der Waals surface area contributed by atoms with E-state index in [1.54, 1.807) is 30.3 Å². The minimum Gasteiger partial charge on any atom is -0.369 e. The van der Waals surface area contributed by atoms with Crippen LogP contribution in [0.4, 0.5) is 11.4 Å². The Morgan fingerprint density at radius 2 is 1.92 bits per heavy atom. The van der Waals surface area contributed by atoms with Crippen LogP contribution in [0.5, 0.6) is 0 Å². The fourth-order valence-corrected chi connectivity index (χ4v) is 2.99. The summed E-state index contributed by atoms with van der Waals surface area (Å²) in [5.41, 5.74) is 1.43. The molecule has 7 nitrogen and oxygen atoms in total. The summed E-state index contributed by atoms with van der Waals surface area (Å²) in [5.74, 6) is 0. The van der Waals surface area contributed by atoms with Crippen LogP contribution in [0.15, 0.2) is 47.3 Å². The summed E-state index contributed by atoms with van der Waals surface area (Å²) < 4.78 is 0. The average Bonchev–Trinajstić information content (AvgIpc) is 2.66. The van der Waals surface area contributed by atoms with Gasteiger partial charge in [-0.3, -0.25) is 14.9 Å². The van der Waals surface area contributed by atoms with E-state index in [2.05, 4.69) is 17.1 Å². The van der Waals surface area contributed by atoms with Crippen molar-refractivity contribution in [3.8, 4) is 11.3 Å². The minimum absolute atomic E-state index is 0.0261. The van der Waals surface area contributed by atoms with E-state index in [1.165, 1.54) is 6.07 Å². The molecule has 0 bridgehead atoms. The van der Waals surface area contributed by atoms with Gasteiger partial charge < -0.3 is 4.90 Å². The molecule has 0 radical (unpaired) electrons. The van der Waals surface area contributed by atoms with Crippen LogP contribution in [0.25, 0.3) is 22.0 Å². The predicted octanol–water partition coefficient (Wildman–Crippen LogP) is 3.73. The number of nitro groups is 1. The molecule has 3 rings (SSSR count). The van der Waals surface area contributed by atoms with Crippen LogP contribution in [-0.4, -0.2) is 28.7 Å². The van der Waals surface area contributed by atoms with E-state index in [4.69, 9.17) is 0 Å². The van der Waals surface area contributed by atoms with Crippen molar-refractivity contribution >= 4 is 22.1 Å². The van der Waals surface area contributed by atoms with Crippen molar-refractivity contribution in [3.63, 3.8) is 0 Å². The molecule has 0 spiro atoms. The Bertz CT molecular complexity index is 1010. The number of unbranched alkanes of at least 4 members (excludes halogenated alkanes) is 1. The maximum absolute atomic E-state index is 11.9. The Morgan fingerprint density at radius 3 is 2.62 bits per heavy atom. The van der Waals surface area contributed by atoms with Gasteiger partial charge in [0.2, 0.25) is 0 Å². The predicted molar refractivity (Wildman–Crippen MR) is 103 cm³/mol. The molecule has 7 heteroatoms. The second kappa shape index (κ2) is 7.35. The van der Waals surface area contributed by atoms with E-state index in [9.17, 15) is 14.9 Å². The summed E-state index contributed by atoms with van der Waals surface area (Å²) >= 11 is 0. The van der Waals surface area contributed by atoms with Gasteiger partial charge in [0, 0.05) is 30.6 Å². The number of nitrogens with one attached hydrogen (secondary N) is 1. The summed E-state index contributed by atoms with van der Waals surface area (Å²) in [7, 11) is 1.85. The van der Waals surface area contributed by atoms with Gasteiger partial charge in [0.15, 0.2) is 0 Å². The Labute approximate surface area is 150 Å². The van der Waals surface area contributed by atoms with Gasteiger partial charge in [-0.15, -0.1) is 0 Å². The summed E-state index contributed by atoms with van der Waals surface area (Å²) in [6, 6.07) is 12.2. The smallest absolute Gasteiger partial charge is 0.293 e. The molecule has 0 aliphatic heterocycles. The fraction of sp³-hybridized carbons (Fsp3) is 0.263. The number of benzene rings is 2. The number of rotatable bonds is 6. The van der Waals surface area contributed by atoms with Crippen molar-refractivity contribution in [2.24, 2.45) is 0 Å². The Balaban J connectivity index is 2.13. The number of H-pyrrole nitrogens is 1. The molecular weight excluding hydrogens is 332 g/mol. The molecule has 1 heterocycles. The topological polar surface area (TPSA) is 92.1 Å². The van der Waals surface area contributed by atoms with Crippen molar-refractivity contribution < 1.29 is 4.92 Å². The number of aromatic amines is 1. The highest BCUT2D eigenvalue weighted by Crippen LogP contribution is 2.33. The molecule has 2 aromatic carbocycles. The molecule has 1 N–H and O–H groups in total. The van der Waals surface area contributed by atoms with Crippen molar-refractivity contribution in [2.75, 3.05) is 18.5 Å². The first-order chi connectivity index (χ1) is 12.5. The summed E-state index contributed by atoms with van der Waals surface area (Å²) in [5, 5.41) is 19.4. The number of nitrogens with zero attached hydrogens (tertiary/aromatic N) is 3. The lowest BCUT2D eigenvalue weighted by atomic mass is 10.0. The molecule has 0 fully saturated rings. The highest BCUT2D eigenvalue weighted by atomic mass is 16.6. The first-order valence-electron chi connectivity index (χ1n) is 8.50. The van der Waals surface area contributed by atoms with Crippen molar-refractivity contribution in [3.05, 3.63) is 62.9 Å². The molecule has 26 heavy (non-hydrogen) atoms. The van der Waals surface area contributed by atoms with E-state index in [0.717, 1.165) is 19.4 Å². The molecule has 0 saturated heterocycles. The molecular formula is C19H20N4O3. The number of anilines is 1. The van der Waals surface area contributed by atoms with Gasteiger partial charge in [-0.1, -0.05) is 37.6 Å². The minimum atomic E-state index is -0.380. The van der Waals surface area contributed by atoms with E-state index in [1.807, 2.05) is 18.0 Å². The molecule has 0 unspecified atom stereocenters. The molecule has 0 aliphatic carbocycles.